The highest BCUT2D eigenvalue weighted by molar-refractivity contribution is 5.86. The van der Waals surface area contributed by atoms with Gasteiger partial charge in [0.25, 0.3) is 0 Å². The molecule has 4 heteroatoms. The number of carbonyl (C=O) groups is 1. The Morgan fingerprint density at radius 3 is 2.62 bits per heavy atom. The quantitative estimate of drug-likeness (QED) is 0.757. The summed E-state index contributed by atoms with van der Waals surface area (Å²) in [7, 11) is 4.03. The molecule has 1 atom stereocenters. The first kappa shape index (κ1) is 11.9. The summed E-state index contributed by atoms with van der Waals surface area (Å²) in [6, 6.07) is 0.526. The van der Waals surface area contributed by atoms with Crippen LogP contribution in [-0.2, 0) is 4.79 Å². The Balaban J connectivity index is 1.87. The van der Waals surface area contributed by atoms with Crippen molar-refractivity contribution in [1.82, 2.24) is 9.80 Å². The zero-order chi connectivity index (χ0) is 11.8. The SMILES string of the molecule is CN(CC1CCCN1C)C(=O)C1(N)CCC1. The monoisotopic (exact) mass is 225 g/mol. The molecule has 0 aromatic carbocycles. The molecule has 2 rings (SSSR count). The molecule has 1 unspecified atom stereocenters. The van der Waals surface area contributed by atoms with Crippen LogP contribution >= 0.6 is 0 Å². The van der Waals surface area contributed by atoms with Gasteiger partial charge in [0.05, 0.1) is 5.54 Å². The van der Waals surface area contributed by atoms with E-state index in [1.54, 1.807) is 0 Å². The molecule has 0 radical (unpaired) electrons. The van der Waals surface area contributed by atoms with Gasteiger partial charge in [-0.15, -0.1) is 0 Å². The third kappa shape index (κ3) is 2.09. The van der Waals surface area contributed by atoms with Crippen LogP contribution in [0.5, 0.6) is 0 Å². The van der Waals surface area contributed by atoms with Gasteiger partial charge >= 0.3 is 0 Å². The second-order valence-corrected chi connectivity index (χ2v) is 5.47. The van der Waals surface area contributed by atoms with Gasteiger partial charge in [-0.2, -0.15) is 0 Å². The van der Waals surface area contributed by atoms with Gasteiger partial charge in [-0.3, -0.25) is 4.79 Å². The molecule has 1 saturated carbocycles. The molecule has 16 heavy (non-hydrogen) atoms. The highest BCUT2D eigenvalue weighted by atomic mass is 16.2. The Morgan fingerprint density at radius 1 is 1.50 bits per heavy atom. The number of nitrogens with two attached hydrogens (primary N) is 1. The smallest absolute Gasteiger partial charge is 0.242 e. The van der Waals surface area contributed by atoms with E-state index >= 15 is 0 Å². The first-order valence-electron chi connectivity index (χ1n) is 6.28. The first-order valence-corrected chi connectivity index (χ1v) is 6.28. The second kappa shape index (κ2) is 4.34. The van der Waals surface area contributed by atoms with Crippen molar-refractivity contribution in [1.29, 1.82) is 0 Å². The minimum Gasteiger partial charge on any atom is -0.343 e. The molecule has 1 aliphatic carbocycles. The van der Waals surface area contributed by atoms with Crippen LogP contribution in [0.15, 0.2) is 0 Å². The second-order valence-electron chi connectivity index (χ2n) is 5.47. The Morgan fingerprint density at radius 2 is 2.19 bits per heavy atom. The molecule has 1 saturated heterocycles. The van der Waals surface area contributed by atoms with Crippen LogP contribution in [0.3, 0.4) is 0 Å². The fraction of sp³-hybridized carbons (Fsp3) is 0.917. The molecule has 2 aliphatic rings. The Kier molecular flexibility index (Phi) is 3.22. The molecule has 2 fully saturated rings. The van der Waals surface area contributed by atoms with Crippen molar-refractivity contribution in [3.63, 3.8) is 0 Å². The predicted octanol–water partition coefficient (Wildman–Crippen LogP) is 0.420. The molecule has 92 valence electrons. The minimum absolute atomic E-state index is 0.138. The molecule has 1 heterocycles. The Labute approximate surface area is 97.8 Å². The number of hydrogen-bond donors (Lipinski definition) is 1. The van der Waals surface area contributed by atoms with Crippen molar-refractivity contribution < 1.29 is 4.79 Å². The average Bonchev–Trinajstić information content (AvgIpc) is 2.60. The summed E-state index contributed by atoms with van der Waals surface area (Å²) in [6.07, 6.45) is 5.26. The topological polar surface area (TPSA) is 49.6 Å². The molecule has 0 spiro atoms. The number of rotatable bonds is 3. The van der Waals surface area contributed by atoms with E-state index in [2.05, 4.69) is 11.9 Å². The zero-order valence-corrected chi connectivity index (χ0v) is 10.4. The van der Waals surface area contributed by atoms with Crippen molar-refractivity contribution in [2.75, 3.05) is 27.2 Å². The van der Waals surface area contributed by atoms with Crippen LogP contribution in [0.2, 0.25) is 0 Å². The van der Waals surface area contributed by atoms with Crippen molar-refractivity contribution >= 4 is 5.91 Å². The van der Waals surface area contributed by atoms with E-state index in [1.807, 2.05) is 11.9 Å². The van der Waals surface area contributed by atoms with Crippen molar-refractivity contribution in [2.45, 2.75) is 43.7 Å². The number of nitrogens with zero attached hydrogens (tertiary/aromatic N) is 2. The lowest BCUT2D eigenvalue weighted by Gasteiger charge is -2.40. The van der Waals surface area contributed by atoms with E-state index in [0.29, 0.717) is 6.04 Å². The molecule has 0 aromatic heterocycles. The number of amides is 1. The van der Waals surface area contributed by atoms with E-state index in [0.717, 1.165) is 32.4 Å². The minimum atomic E-state index is -0.536. The molecule has 1 amide bonds. The summed E-state index contributed by atoms with van der Waals surface area (Å²) < 4.78 is 0. The summed E-state index contributed by atoms with van der Waals surface area (Å²) >= 11 is 0. The molecule has 0 bridgehead atoms. The maximum absolute atomic E-state index is 12.1. The number of likely N-dealkylation sites (N-methyl/N-ethyl adjacent to an activating group) is 2. The van der Waals surface area contributed by atoms with Gasteiger partial charge in [-0.1, -0.05) is 0 Å². The largest absolute Gasteiger partial charge is 0.343 e. The Bertz CT molecular complexity index is 275. The summed E-state index contributed by atoms with van der Waals surface area (Å²) in [5.74, 6) is 0.138. The fourth-order valence-corrected chi connectivity index (χ4v) is 2.76. The van der Waals surface area contributed by atoms with Gasteiger partial charge < -0.3 is 15.5 Å². The van der Waals surface area contributed by atoms with Crippen LogP contribution in [0, 0.1) is 0 Å². The van der Waals surface area contributed by atoms with Gasteiger partial charge in [0, 0.05) is 19.6 Å². The average molecular weight is 225 g/mol. The van der Waals surface area contributed by atoms with Crippen LogP contribution in [0.4, 0.5) is 0 Å². The Hall–Kier alpha value is -0.610. The maximum atomic E-state index is 12.1. The van der Waals surface area contributed by atoms with Gasteiger partial charge in [0.15, 0.2) is 0 Å². The highest BCUT2D eigenvalue weighted by Crippen LogP contribution is 2.31. The van der Waals surface area contributed by atoms with E-state index in [9.17, 15) is 4.79 Å². The van der Waals surface area contributed by atoms with Crippen LogP contribution < -0.4 is 5.73 Å². The van der Waals surface area contributed by atoms with Gasteiger partial charge in [0.1, 0.15) is 0 Å². The van der Waals surface area contributed by atoms with Gasteiger partial charge in [0.2, 0.25) is 5.91 Å². The summed E-state index contributed by atoms with van der Waals surface area (Å²) in [5.41, 5.74) is 5.52. The van der Waals surface area contributed by atoms with E-state index in [4.69, 9.17) is 5.73 Å². The standard InChI is InChI=1S/C12H23N3O/c1-14-8-3-5-10(14)9-15(2)11(16)12(13)6-4-7-12/h10H,3-9,13H2,1-2H3. The molecule has 4 nitrogen and oxygen atoms in total. The zero-order valence-electron chi connectivity index (χ0n) is 10.4. The highest BCUT2D eigenvalue weighted by Gasteiger charge is 2.42. The molecular weight excluding hydrogens is 202 g/mol. The van der Waals surface area contributed by atoms with Crippen molar-refractivity contribution in [3.05, 3.63) is 0 Å². The summed E-state index contributed by atoms with van der Waals surface area (Å²) in [5, 5.41) is 0. The lowest BCUT2D eigenvalue weighted by Crippen LogP contribution is -2.59. The molecular formula is C12H23N3O. The van der Waals surface area contributed by atoms with Crippen molar-refractivity contribution in [2.24, 2.45) is 5.73 Å². The van der Waals surface area contributed by atoms with Crippen LogP contribution in [0.1, 0.15) is 32.1 Å². The predicted molar refractivity (Wildman–Crippen MR) is 64.1 cm³/mol. The van der Waals surface area contributed by atoms with Crippen LogP contribution in [0.25, 0.3) is 0 Å². The van der Waals surface area contributed by atoms with E-state index < -0.39 is 5.54 Å². The number of likely N-dealkylation sites (tertiary alicyclic amines) is 1. The van der Waals surface area contributed by atoms with Gasteiger partial charge in [-0.05, 0) is 45.7 Å². The van der Waals surface area contributed by atoms with Gasteiger partial charge in [-0.25, -0.2) is 0 Å². The molecule has 0 aromatic rings. The fourth-order valence-electron chi connectivity index (χ4n) is 2.76. The third-order valence-corrected chi connectivity index (χ3v) is 4.17. The number of hydrogen-bond acceptors (Lipinski definition) is 3. The summed E-state index contributed by atoms with van der Waals surface area (Å²) in [6.45, 7) is 1.98. The molecule has 1 aliphatic heterocycles. The number of carbonyl (C=O) groups excluding carboxylic acids is 1. The van der Waals surface area contributed by atoms with Crippen LogP contribution in [-0.4, -0.2) is 54.5 Å². The summed E-state index contributed by atoms with van der Waals surface area (Å²) in [4.78, 5) is 16.3. The van der Waals surface area contributed by atoms with E-state index in [-0.39, 0.29) is 5.91 Å². The van der Waals surface area contributed by atoms with Crippen molar-refractivity contribution in [3.8, 4) is 0 Å². The lowest BCUT2D eigenvalue weighted by atomic mass is 9.76. The first-order chi connectivity index (χ1) is 7.53. The lowest BCUT2D eigenvalue weighted by molar-refractivity contribution is -0.139. The maximum Gasteiger partial charge on any atom is 0.242 e. The third-order valence-electron chi connectivity index (χ3n) is 4.17. The van der Waals surface area contributed by atoms with E-state index in [1.165, 1.54) is 12.8 Å². The molecule has 2 N–H and O–H groups in total. The normalized spacial score (nSPS) is 28.8.